The van der Waals surface area contributed by atoms with E-state index in [1.165, 1.54) is 6.92 Å². The maximum Gasteiger partial charge on any atom is 0.325 e. The molecule has 8 heteroatoms. The topological polar surface area (TPSA) is 87.7 Å². The Balaban J connectivity index is 1.53. The van der Waals surface area contributed by atoms with Crippen LogP contribution < -0.4 is 15.4 Å². The van der Waals surface area contributed by atoms with Crippen LogP contribution in [-0.4, -0.2) is 34.3 Å². The lowest BCUT2D eigenvalue weighted by molar-refractivity contribution is -0.136. The highest BCUT2D eigenvalue weighted by atomic mass is 35.5. The van der Waals surface area contributed by atoms with Gasteiger partial charge in [-0.1, -0.05) is 42.1 Å². The van der Waals surface area contributed by atoms with E-state index >= 15 is 0 Å². The number of amides is 4. The molecule has 2 aromatic rings. The van der Waals surface area contributed by atoms with Crippen molar-refractivity contribution in [2.24, 2.45) is 0 Å². The molecule has 162 valence electrons. The van der Waals surface area contributed by atoms with Crippen molar-refractivity contribution in [3.8, 4) is 11.5 Å². The second-order valence-electron chi connectivity index (χ2n) is 8.12. The van der Waals surface area contributed by atoms with Crippen LogP contribution in [0.2, 0.25) is 5.02 Å². The van der Waals surface area contributed by atoms with Crippen LogP contribution in [0.5, 0.6) is 11.5 Å². The van der Waals surface area contributed by atoms with Crippen molar-refractivity contribution < 1.29 is 19.1 Å². The molecule has 0 aromatic heterocycles. The average Bonchev–Trinajstić information content (AvgIpc) is 3.30. The third kappa shape index (κ3) is 4.10. The Hall–Kier alpha value is -3.06. The number of aryl methyl sites for hydroxylation is 1. The number of nitrogens with zero attached hydrogens (tertiary/aromatic N) is 1. The zero-order valence-electron chi connectivity index (χ0n) is 17.4. The van der Waals surface area contributed by atoms with Crippen LogP contribution in [0.15, 0.2) is 42.5 Å². The van der Waals surface area contributed by atoms with Gasteiger partial charge in [0.25, 0.3) is 5.91 Å². The van der Waals surface area contributed by atoms with Gasteiger partial charge in [-0.15, -0.1) is 0 Å². The second kappa shape index (κ2) is 8.23. The van der Waals surface area contributed by atoms with Crippen molar-refractivity contribution in [3.63, 3.8) is 0 Å². The molecule has 4 amide bonds. The highest BCUT2D eigenvalue weighted by molar-refractivity contribution is 6.31. The van der Waals surface area contributed by atoms with E-state index in [1.807, 2.05) is 31.2 Å². The van der Waals surface area contributed by atoms with Gasteiger partial charge in [-0.05, 0) is 57.0 Å². The lowest BCUT2D eigenvalue weighted by Crippen LogP contribution is -2.48. The molecule has 2 aromatic carbocycles. The molecular weight excluding hydrogens is 418 g/mol. The predicted octanol–water partition coefficient (Wildman–Crippen LogP) is 4.63. The van der Waals surface area contributed by atoms with E-state index in [2.05, 4.69) is 10.6 Å². The van der Waals surface area contributed by atoms with Crippen molar-refractivity contribution in [2.45, 2.75) is 51.1 Å². The Labute approximate surface area is 185 Å². The Morgan fingerprint density at radius 1 is 1.16 bits per heavy atom. The smallest absolute Gasteiger partial charge is 0.325 e. The lowest BCUT2D eigenvalue weighted by Gasteiger charge is -2.24. The van der Waals surface area contributed by atoms with Gasteiger partial charge in [0.1, 0.15) is 17.3 Å². The summed E-state index contributed by atoms with van der Waals surface area (Å²) in [6.07, 6.45) is 2.96. The Morgan fingerprint density at radius 3 is 2.52 bits per heavy atom. The molecule has 1 aliphatic carbocycles. The zero-order chi connectivity index (χ0) is 22.2. The van der Waals surface area contributed by atoms with E-state index in [1.54, 1.807) is 18.2 Å². The quantitative estimate of drug-likeness (QED) is 0.662. The number of carbonyl (C=O) groups excluding carboxylic acids is 3. The number of hydrogen-bond donors (Lipinski definition) is 2. The number of imide groups is 1. The largest absolute Gasteiger partial charge is 0.455 e. The van der Waals surface area contributed by atoms with Gasteiger partial charge in [-0.3, -0.25) is 9.59 Å². The van der Waals surface area contributed by atoms with Crippen molar-refractivity contribution in [2.75, 3.05) is 5.32 Å². The summed E-state index contributed by atoms with van der Waals surface area (Å²) in [5.74, 6) is 0.168. The number of benzene rings is 2. The van der Waals surface area contributed by atoms with Gasteiger partial charge in [0.15, 0.2) is 5.75 Å². The summed E-state index contributed by atoms with van der Waals surface area (Å²) in [6, 6.07) is 10.9. The van der Waals surface area contributed by atoms with E-state index in [9.17, 15) is 14.4 Å². The molecule has 2 N–H and O–H groups in total. The summed E-state index contributed by atoms with van der Waals surface area (Å²) < 4.78 is 5.91. The van der Waals surface area contributed by atoms with Gasteiger partial charge in [-0.2, -0.15) is 0 Å². The number of carbonyl (C=O) groups is 3. The van der Waals surface area contributed by atoms with Crippen LogP contribution in [0.4, 0.5) is 10.5 Å². The summed E-state index contributed by atoms with van der Waals surface area (Å²) >= 11 is 6.12. The second-order valence-corrected chi connectivity index (χ2v) is 8.55. The highest BCUT2D eigenvalue weighted by Gasteiger charge is 2.54. The van der Waals surface area contributed by atoms with Gasteiger partial charge < -0.3 is 15.4 Å². The molecule has 7 nitrogen and oxygen atoms in total. The molecular formula is C23H24ClN3O4. The molecule has 1 saturated carbocycles. The van der Waals surface area contributed by atoms with Crippen LogP contribution in [0.25, 0.3) is 0 Å². The van der Waals surface area contributed by atoms with E-state index < -0.39 is 23.5 Å². The number of halogens is 1. The molecule has 0 radical (unpaired) electrons. The standard InChI is InChI=1S/C23H24ClN3O4/c1-14-5-8-17(9-6-14)31-19-10-7-16(24)13-18(19)25-20(28)15(2)27-21(29)23(26-22(27)30)11-3-4-12-23/h5-10,13,15H,3-4,11-12H2,1-2H3,(H,25,28)(H,26,30). The fourth-order valence-corrected chi connectivity index (χ4v) is 4.26. The highest BCUT2D eigenvalue weighted by Crippen LogP contribution is 2.36. The van der Waals surface area contributed by atoms with Gasteiger partial charge >= 0.3 is 6.03 Å². The average molecular weight is 442 g/mol. The fraction of sp³-hybridized carbons (Fsp3) is 0.348. The maximum absolute atomic E-state index is 13.0. The Morgan fingerprint density at radius 2 is 1.84 bits per heavy atom. The van der Waals surface area contributed by atoms with Crippen molar-refractivity contribution in [1.82, 2.24) is 10.2 Å². The van der Waals surface area contributed by atoms with E-state index in [-0.39, 0.29) is 5.91 Å². The zero-order valence-corrected chi connectivity index (χ0v) is 18.2. The number of nitrogens with one attached hydrogen (secondary N) is 2. The summed E-state index contributed by atoms with van der Waals surface area (Å²) in [5, 5.41) is 5.97. The van der Waals surface area contributed by atoms with Crippen LogP contribution in [0.1, 0.15) is 38.2 Å². The molecule has 1 spiro atoms. The van der Waals surface area contributed by atoms with Crippen LogP contribution >= 0.6 is 11.6 Å². The first-order valence-electron chi connectivity index (χ1n) is 10.3. The van der Waals surface area contributed by atoms with Gasteiger partial charge in [0.05, 0.1) is 5.69 Å². The Kier molecular flexibility index (Phi) is 5.62. The van der Waals surface area contributed by atoms with Crippen LogP contribution in [0, 0.1) is 6.92 Å². The summed E-state index contributed by atoms with van der Waals surface area (Å²) in [7, 11) is 0. The first kappa shape index (κ1) is 21.2. The number of urea groups is 1. The SMILES string of the molecule is Cc1ccc(Oc2ccc(Cl)cc2NC(=O)C(C)N2C(=O)NC3(CCCC3)C2=O)cc1. The maximum atomic E-state index is 13.0. The molecule has 2 aliphatic rings. The van der Waals surface area contributed by atoms with E-state index in [0.717, 1.165) is 23.3 Å². The van der Waals surface area contributed by atoms with Crippen LogP contribution in [-0.2, 0) is 9.59 Å². The van der Waals surface area contributed by atoms with Crippen molar-refractivity contribution >= 4 is 35.1 Å². The molecule has 1 saturated heterocycles. The first-order chi connectivity index (χ1) is 14.8. The molecule has 1 unspecified atom stereocenters. The minimum absolute atomic E-state index is 0.333. The number of hydrogen-bond acceptors (Lipinski definition) is 4. The molecule has 2 fully saturated rings. The molecule has 4 rings (SSSR count). The monoisotopic (exact) mass is 441 g/mol. The number of ether oxygens (including phenoxy) is 1. The molecule has 1 atom stereocenters. The number of anilines is 1. The molecule has 0 bridgehead atoms. The predicted molar refractivity (Wildman–Crippen MR) is 117 cm³/mol. The van der Waals surface area contributed by atoms with E-state index in [4.69, 9.17) is 16.3 Å². The third-order valence-electron chi connectivity index (χ3n) is 5.87. The first-order valence-corrected chi connectivity index (χ1v) is 10.7. The van der Waals surface area contributed by atoms with Crippen molar-refractivity contribution in [3.05, 3.63) is 53.1 Å². The van der Waals surface area contributed by atoms with Gasteiger partial charge in [0, 0.05) is 5.02 Å². The molecule has 31 heavy (non-hydrogen) atoms. The summed E-state index contributed by atoms with van der Waals surface area (Å²) in [5.41, 5.74) is 0.591. The number of rotatable bonds is 5. The Bertz CT molecular complexity index is 1030. The van der Waals surface area contributed by atoms with Crippen LogP contribution in [0.3, 0.4) is 0 Å². The van der Waals surface area contributed by atoms with Gasteiger partial charge in [0.2, 0.25) is 5.91 Å². The normalized spacial score (nSPS) is 18.2. The van der Waals surface area contributed by atoms with Crippen molar-refractivity contribution in [1.29, 1.82) is 0 Å². The molecule has 1 heterocycles. The minimum Gasteiger partial charge on any atom is -0.455 e. The third-order valence-corrected chi connectivity index (χ3v) is 6.10. The van der Waals surface area contributed by atoms with E-state index in [0.29, 0.717) is 35.1 Å². The molecule has 1 aliphatic heterocycles. The summed E-state index contributed by atoms with van der Waals surface area (Å²) in [6.45, 7) is 3.51. The lowest BCUT2D eigenvalue weighted by atomic mass is 9.97. The summed E-state index contributed by atoms with van der Waals surface area (Å²) in [4.78, 5) is 39.4. The fourth-order valence-electron chi connectivity index (χ4n) is 4.09. The van der Waals surface area contributed by atoms with Gasteiger partial charge in [-0.25, -0.2) is 9.69 Å². The minimum atomic E-state index is -0.987.